The number of aromatic nitrogens is 1. The Morgan fingerprint density at radius 1 is 1.37 bits per heavy atom. The van der Waals surface area contributed by atoms with Crippen molar-refractivity contribution in [3.8, 4) is 5.88 Å². The Labute approximate surface area is 111 Å². The molecule has 0 saturated carbocycles. The first-order valence-corrected chi connectivity index (χ1v) is 6.30. The van der Waals surface area contributed by atoms with Crippen molar-refractivity contribution in [1.29, 1.82) is 0 Å². The summed E-state index contributed by atoms with van der Waals surface area (Å²) in [5, 5.41) is 3.19. The van der Waals surface area contributed by atoms with Crippen LogP contribution in [0.4, 0.5) is 18.9 Å². The van der Waals surface area contributed by atoms with Crippen molar-refractivity contribution in [3.63, 3.8) is 0 Å². The third kappa shape index (κ3) is 6.88. The Kier molecular flexibility index (Phi) is 5.92. The summed E-state index contributed by atoms with van der Waals surface area (Å²) in [5.41, 5.74) is 0.780. The fourth-order valence-electron chi connectivity index (χ4n) is 1.61. The number of halogens is 3. The number of anilines is 1. The Morgan fingerprint density at radius 2 is 2.11 bits per heavy atom. The maximum absolute atomic E-state index is 11.9. The lowest BCUT2D eigenvalue weighted by Crippen LogP contribution is -2.19. The van der Waals surface area contributed by atoms with E-state index in [1.807, 2.05) is 0 Å². The van der Waals surface area contributed by atoms with Crippen molar-refractivity contribution in [1.82, 2.24) is 4.98 Å². The predicted molar refractivity (Wildman–Crippen MR) is 68.3 cm³/mol. The molecule has 0 amide bonds. The summed E-state index contributed by atoms with van der Waals surface area (Å²) in [6.07, 6.45) is -0.600. The number of nitrogens with zero attached hydrogens (tertiary/aromatic N) is 1. The number of ether oxygens (including phenoxy) is 1. The number of hydrogen-bond acceptors (Lipinski definition) is 3. The largest absolute Gasteiger partial charge is 0.468 e. The van der Waals surface area contributed by atoms with Crippen LogP contribution >= 0.6 is 0 Å². The van der Waals surface area contributed by atoms with E-state index >= 15 is 0 Å². The lowest BCUT2D eigenvalue weighted by Gasteiger charge is -2.13. The van der Waals surface area contributed by atoms with Gasteiger partial charge in [-0.25, -0.2) is 4.98 Å². The van der Waals surface area contributed by atoms with Gasteiger partial charge in [0.25, 0.3) is 0 Å². The quantitative estimate of drug-likeness (QED) is 0.820. The molecule has 108 valence electrons. The molecule has 1 rings (SSSR count). The van der Waals surface area contributed by atoms with E-state index in [0.717, 1.165) is 25.1 Å². The van der Waals surface area contributed by atoms with Gasteiger partial charge in [-0.1, -0.05) is 20.3 Å². The molecule has 19 heavy (non-hydrogen) atoms. The highest BCUT2D eigenvalue weighted by atomic mass is 19.4. The number of alkyl halides is 3. The van der Waals surface area contributed by atoms with E-state index in [0.29, 0.717) is 5.92 Å². The molecule has 0 aliphatic heterocycles. The smallest absolute Gasteiger partial charge is 0.422 e. The van der Waals surface area contributed by atoms with Gasteiger partial charge in [-0.2, -0.15) is 13.2 Å². The molecule has 3 nitrogen and oxygen atoms in total. The van der Waals surface area contributed by atoms with Gasteiger partial charge in [0.05, 0.1) is 11.9 Å². The van der Waals surface area contributed by atoms with Gasteiger partial charge in [0.1, 0.15) is 0 Å². The molecule has 1 atom stereocenters. The Morgan fingerprint density at radius 3 is 2.63 bits per heavy atom. The zero-order chi connectivity index (χ0) is 14.3. The number of rotatable bonds is 7. The van der Waals surface area contributed by atoms with Crippen LogP contribution in [0.1, 0.15) is 26.7 Å². The fourth-order valence-corrected chi connectivity index (χ4v) is 1.61. The second kappa shape index (κ2) is 7.21. The average molecular weight is 276 g/mol. The van der Waals surface area contributed by atoms with Gasteiger partial charge in [0.15, 0.2) is 6.61 Å². The highest BCUT2D eigenvalue weighted by Gasteiger charge is 2.28. The third-order valence-corrected chi connectivity index (χ3v) is 2.56. The van der Waals surface area contributed by atoms with Crippen molar-refractivity contribution < 1.29 is 17.9 Å². The van der Waals surface area contributed by atoms with Crippen LogP contribution in [0, 0.1) is 5.92 Å². The van der Waals surface area contributed by atoms with Crippen LogP contribution in [0.15, 0.2) is 18.3 Å². The number of nitrogens with one attached hydrogen (secondary N) is 1. The van der Waals surface area contributed by atoms with E-state index in [-0.39, 0.29) is 5.88 Å². The zero-order valence-electron chi connectivity index (χ0n) is 11.1. The van der Waals surface area contributed by atoms with Crippen molar-refractivity contribution >= 4 is 5.69 Å². The lowest BCUT2D eigenvalue weighted by molar-refractivity contribution is -0.154. The first kappa shape index (κ1) is 15.6. The monoisotopic (exact) mass is 276 g/mol. The first-order valence-electron chi connectivity index (χ1n) is 6.30. The van der Waals surface area contributed by atoms with Crippen LogP contribution in [0.3, 0.4) is 0 Å². The molecule has 1 heterocycles. The summed E-state index contributed by atoms with van der Waals surface area (Å²) >= 11 is 0. The minimum Gasteiger partial charge on any atom is -0.468 e. The fraction of sp³-hybridized carbons (Fsp3) is 0.615. The molecule has 1 aromatic rings. The van der Waals surface area contributed by atoms with Crippen molar-refractivity contribution in [2.75, 3.05) is 18.5 Å². The summed E-state index contributed by atoms with van der Waals surface area (Å²) in [6, 6.07) is 3.09. The van der Waals surface area contributed by atoms with Gasteiger partial charge < -0.3 is 10.1 Å². The van der Waals surface area contributed by atoms with E-state index in [1.165, 1.54) is 12.3 Å². The summed E-state index contributed by atoms with van der Waals surface area (Å²) in [7, 11) is 0. The van der Waals surface area contributed by atoms with Gasteiger partial charge >= 0.3 is 6.18 Å². The van der Waals surface area contributed by atoms with Gasteiger partial charge in [0.2, 0.25) is 5.88 Å². The van der Waals surface area contributed by atoms with Gasteiger partial charge in [-0.05, 0) is 18.4 Å². The maximum Gasteiger partial charge on any atom is 0.422 e. The maximum atomic E-state index is 11.9. The lowest BCUT2D eigenvalue weighted by atomic mass is 10.1. The standard InChI is InChI=1S/C13H19F3N2O/c1-3-4-10(2)7-17-11-5-6-12(18-8-11)19-9-13(14,15)16/h5-6,8,10,17H,3-4,7,9H2,1-2H3. The number of hydrogen-bond donors (Lipinski definition) is 1. The molecule has 6 heteroatoms. The van der Waals surface area contributed by atoms with Crippen molar-refractivity contribution in [2.45, 2.75) is 32.9 Å². The second-order valence-corrected chi connectivity index (χ2v) is 4.56. The molecular weight excluding hydrogens is 257 g/mol. The van der Waals surface area contributed by atoms with E-state index in [9.17, 15) is 13.2 Å². The van der Waals surface area contributed by atoms with Gasteiger partial charge in [-0.15, -0.1) is 0 Å². The minimum absolute atomic E-state index is 0.0236. The second-order valence-electron chi connectivity index (χ2n) is 4.56. The Balaban J connectivity index is 2.39. The Bertz CT molecular complexity index is 365. The highest BCUT2D eigenvalue weighted by molar-refractivity contribution is 5.41. The van der Waals surface area contributed by atoms with Crippen LogP contribution in [0.2, 0.25) is 0 Å². The summed E-state index contributed by atoms with van der Waals surface area (Å²) in [5.74, 6) is 0.524. The molecule has 0 saturated heterocycles. The molecule has 0 spiro atoms. The van der Waals surface area contributed by atoms with Crippen molar-refractivity contribution in [3.05, 3.63) is 18.3 Å². The SMILES string of the molecule is CCCC(C)CNc1ccc(OCC(F)(F)F)nc1. The average Bonchev–Trinajstić information content (AvgIpc) is 2.34. The predicted octanol–water partition coefficient (Wildman–Crippen LogP) is 3.87. The van der Waals surface area contributed by atoms with E-state index in [4.69, 9.17) is 0 Å². The van der Waals surface area contributed by atoms with Gasteiger partial charge in [0, 0.05) is 12.6 Å². The van der Waals surface area contributed by atoms with Crippen molar-refractivity contribution in [2.24, 2.45) is 5.92 Å². The molecule has 1 aromatic heterocycles. The molecule has 0 aliphatic rings. The van der Waals surface area contributed by atoms with Crippen LogP contribution in [0.25, 0.3) is 0 Å². The molecule has 1 unspecified atom stereocenters. The minimum atomic E-state index is -4.34. The molecular formula is C13H19F3N2O. The normalized spacial score (nSPS) is 13.1. The molecule has 1 N–H and O–H groups in total. The molecule has 0 aromatic carbocycles. The molecule has 0 fully saturated rings. The molecule has 0 radical (unpaired) electrons. The van der Waals surface area contributed by atoms with Crippen LogP contribution in [-0.4, -0.2) is 24.3 Å². The summed E-state index contributed by atoms with van der Waals surface area (Å²) in [6.45, 7) is 3.77. The van der Waals surface area contributed by atoms with E-state index in [1.54, 1.807) is 6.07 Å². The van der Waals surface area contributed by atoms with Crippen LogP contribution < -0.4 is 10.1 Å². The zero-order valence-corrected chi connectivity index (χ0v) is 11.1. The van der Waals surface area contributed by atoms with Gasteiger partial charge in [-0.3, -0.25) is 0 Å². The van der Waals surface area contributed by atoms with E-state index < -0.39 is 12.8 Å². The first-order chi connectivity index (χ1) is 8.90. The molecule has 0 bridgehead atoms. The van der Waals surface area contributed by atoms with Crippen LogP contribution in [0.5, 0.6) is 5.88 Å². The highest BCUT2D eigenvalue weighted by Crippen LogP contribution is 2.18. The Hall–Kier alpha value is -1.46. The van der Waals surface area contributed by atoms with E-state index in [2.05, 4.69) is 28.9 Å². The summed E-state index contributed by atoms with van der Waals surface area (Å²) in [4.78, 5) is 3.82. The third-order valence-electron chi connectivity index (χ3n) is 2.56. The molecule has 0 aliphatic carbocycles. The topological polar surface area (TPSA) is 34.1 Å². The van der Waals surface area contributed by atoms with Crippen LogP contribution in [-0.2, 0) is 0 Å². The summed E-state index contributed by atoms with van der Waals surface area (Å²) < 4.78 is 40.3. The number of pyridine rings is 1.